The molecule has 0 aliphatic carbocycles. The predicted octanol–water partition coefficient (Wildman–Crippen LogP) is 4.23. The van der Waals surface area contributed by atoms with Gasteiger partial charge < -0.3 is 19.5 Å². The number of likely N-dealkylation sites (N-methyl/N-ethyl adjacent to an activating group) is 1. The summed E-state index contributed by atoms with van der Waals surface area (Å²) in [6, 6.07) is 22.2. The molecule has 1 N–H and O–H groups in total. The number of anilines is 1. The van der Waals surface area contributed by atoms with Crippen LogP contribution in [0.4, 0.5) is 5.69 Å². The summed E-state index contributed by atoms with van der Waals surface area (Å²) in [6.45, 7) is 1.10. The standard InChI is InChI=1S/C27H24N2O5/c1-28-16-21(34-25-9-5-4-8-24(25)28)17-33-20-12-10-18(11-13-20)27(32)29-15-19(14-26(30)31)22-6-2-3-7-23(22)29/h2-13,15,21H,14,16-17H2,1H3,(H,30,31)/t21-/m0/s1. The van der Waals surface area contributed by atoms with Crippen LogP contribution in [0.15, 0.2) is 79.0 Å². The summed E-state index contributed by atoms with van der Waals surface area (Å²) in [5.41, 5.74) is 2.83. The van der Waals surface area contributed by atoms with Crippen LogP contribution >= 0.6 is 0 Å². The Morgan fingerprint density at radius 3 is 2.56 bits per heavy atom. The highest BCUT2D eigenvalue weighted by molar-refractivity contribution is 6.03. The minimum Gasteiger partial charge on any atom is -0.490 e. The minimum atomic E-state index is -0.937. The summed E-state index contributed by atoms with van der Waals surface area (Å²) in [6.07, 6.45) is 1.36. The fraction of sp³-hybridized carbons (Fsp3) is 0.185. The third kappa shape index (κ3) is 4.20. The quantitative estimate of drug-likeness (QED) is 0.468. The fourth-order valence-electron chi connectivity index (χ4n) is 4.32. The highest BCUT2D eigenvalue weighted by Crippen LogP contribution is 2.32. The summed E-state index contributed by atoms with van der Waals surface area (Å²) in [7, 11) is 2.03. The van der Waals surface area contributed by atoms with E-state index in [0.29, 0.717) is 35.5 Å². The van der Waals surface area contributed by atoms with Gasteiger partial charge in [0.1, 0.15) is 24.2 Å². The number of carboxylic acid groups (broad SMARTS) is 1. The van der Waals surface area contributed by atoms with Crippen molar-refractivity contribution in [3.8, 4) is 11.5 Å². The molecular formula is C27H24N2O5. The van der Waals surface area contributed by atoms with Crippen LogP contribution in [0.1, 0.15) is 15.9 Å². The van der Waals surface area contributed by atoms with Crippen LogP contribution in [-0.2, 0) is 11.2 Å². The van der Waals surface area contributed by atoms with Crippen LogP contribution in [0.25, 0.3) is 10.9 Å². The predicted molar refractivity (Wildman–Crippen MR) is 129 cm³/mol. The Morgan fingerprint density at radius 1 is 1.03 bits per heavy atom. The lowest BCUT2D eigenvalue weighted by atomic mass is 10.1. The highest BCUT2D eigenvalue weighted by Gasteiger charge is 2.23. The molecule has 2 heterocycles. The number of para-hydroxylation sites is 3. The SMILES string of the molecule is CN1C[C@@H](COc2ccc(C(=O)n3cc(CC(=O)O)c4ccccc43)cc2)Oc2ccccc21. The largest absolute Gasteiger partial charge is 0.490 e. The third-order valence-corrected chi connectivity index (χ3v) is 5.94. The molecule has 34 heavy (non-hydrogen) atoms. The molecule has 0 amide bonds. The lowest BCUT2D eigenvalue weighted by Gasteiger charge is -2.33. The topological polar surface area (TPSA) is 81.0 Å². The molecule has 0 spiro atoms. The molecular weight excluding hydrogens is 432 g/mol. The summed E-state index contributed by atoms with van der Waals surface area (Å²) in [5, 5.41) is 9.97. The molecule has 0 saturated carbocycles. The highest BCUT2D eigenvalue weighted by atomic mass is 16.5. The van der Waals surface area contributed by atoms with Crippen LogP contribution in [0, 0.1) is 0 Å². The van der Waals surface area contributed by atoms with Gasteiger partial charge in [-0.2, -0.15) is 0 Å². The Morgan fingerprint density at radius 2 is 1.76 bits per heavy atom. The lowest BCUT2D eigenvalue weighted by Crippen LogP contribution is -2.41. The van der Waals surface area contributed by atoms with Gasteiger partial charge in [0.25, 0.3) is 5.91 Å². The molecule has 7 heteroatoms. The van der Waals surface area contributed by atoms with E-state index in [1.807, 2.05) is 55.6 Å². The van der Waals surface area contributed by atoms with E-state index in [2.05, 4.69) is 4.90 Å². The third-order valence-electron chi connectivity index (χ3n) is 5.94. The van der Waals surface area contributed by atoms with Gasteiger partial charge in [-0.25, -0.2) is 0 Å². The Hall–Kier alpha value is -4.26. The first kappa shape index (κ1) is 21.6. The van der Waals surface area contributed by atoms with Crippen LogP contribution < -0.4 is 14.4 Å². The summed E-state index contributed by atoms with van der Waals surface area (Å²) < 4.78 is 13.5. The summed E-state index contributed by atoms with van der Waals surface area (Å²) >= 11 is 0. The van der Waals surface area contributed by atoms with Crippen LogP contribution in [-0.4, -0.2) is 47.9 Å². The Labute approximate surface area is 196 Å². The van der Waals surface area contributed by atoms with E-state index in [1.54, 1.807) is 30.5 Å². The average Bonchev–Trinajstić information content (AvgIpc) is 3.20. The summed E-state index contributed by atoms with van der Waals surface area (Å²) in [5.74, 6) is 0.319. The number of hydrogen-bond donors (Lipinski definition) is 1. The molecule has 4 aromatic rings. The number of benzene rings is 3. The number of carboxylic acids is 1. The van der Waals surface area contributed by atoms with Crippen molar-refractivity contribution in [3.63, 3.8) is 0 Å². The number of nitrogens with zero attached hydrogens (tertiary/aromatic N) is 2. The monoisotopic (exact) mass is 456 g/mol. The molecule has 0 radical (unpaired) electrons. The van der Waals surface area contributed by atoms with Crippen molar-refractivity contribution >= 4 is 28.5 Å². The first-order valence-electron chi connectivity index (χ1n) is 11.0. The van der Waals surface area contributed by atoms with Crippen LogP contribution in [0.5, 0.6) is 11.5 Å². The average molecular weight is 456 g/mol. The van der Waals surface area contributed by atoms with Crippen molar-refractivity contribution in [1.82, 2.24) is 4.57 Å². The lowest BCUT2D eigenvalue weighted by molar-refractivity contribution is -0.136. The van der Waals surface area contributed by atoms with E-state index in [1.165, 1.54) is 4.57 Å². The van der Waals surface area contributed by atoms with Gasteiger partial charge in [-0.1, -0.05) is 30.3 Å². The number of carbonyl (C=O) groups excluding carboxylic acids is 1. The van der Waals surface area contributed by atoms with Crippen molar-refractivity contribution < 1.29 is 24.2 Å². The zero-order chi connectivity index (χ0) is 23.7. The number of hydrogen-bond acceptors (Lipinski definition) is 5. The van der Waals surface area contributed by atoms with E-state index >= 15 is 0 Å². The molecule has 0 saturated heterocycles. The van der Waals surface area contributed by atoms with E-state index < -0.39 is 5.97 Å². The van der Waals surface area contributed by atoms with Crippen LogP contribution in [0.3, 0.4) is 0 Å². The molecule has 0 unspecified atom stereocenters. The molecule has 172 valence electrons. The van der Waals surface area contributed by atoms with Crippen molar-refractivity contribution in [3.05, 3.63) is 90.1 Å². The van der Waals surface area contributed by atoms with Gasteiger partial charge in [-0.3, -0.25) is 14.2 Å². The van der Waals surface area contributed by atoms with Gasteiger partial charge in [0, 0.05) is 24.2 Å². The van der Waals surface area contributed by atoms with Crippen LogP contribution in [0.2, 0.25) is 0 Å². The second kappa shape index (κ2) is 8.94. The summed E-state index contributed by atoms with van der Waals surface area (Å²) in [4.78, 5) is 26.6. The van der Waals surface area contributed by atoms with Crippen molar-refractivity contribution in [2.45, 2.75) is 12.5 Å². The normalized spacial score (nSPS) is 15.0. The first-order valence-corrected chi connectivity index (χ1v) is 11.0. The Balaban J connectivity index is 1.29. The van der Waals surface area contributed by atoms with Crippen molar-refractivity contribution in [1.29, 1.82) is 0 Å². The minimum absolute atomic E-state index is 0.111. The molecule has 5 rings (SSSR count). The fourth-order valence-corrected chi connectivity index (χ4v) is 4.32. The zero-order valence-electron chi connectivity index (χ0n) is 18.7. The molecule has 7 nitrogen and oxygen atoms in total. The van der Waals surface area contributed by atoms with Gasteiger partial charge in [-0.15, -0.1) is 0 Å². The maximum absolute atomic E-state index is 13.2. The van der Waals surface area contributed by atoms with Gasteiger partial charge in [0.2, 0.25) is 0 Å². The number of ether oxygens (including phenoxy) is 2. The van der Waals surface area contributed by atoms with E-state index in [0.717, 1.165) is 16.8 Å². The van der Waals surface area contributed by atoms with E-state index in [-0.39, 0.29) is 18.4 Å². The zero-order valence-corrected chi connectivity index (χ0v) is 18.7. The molecule has 1 atom stereocenters. The molecule has 0 bridgehead atoms. The Kier molecular flexibility index (Phi) is 5.67. The second-order valence-electron chi connectivity index (χ2n) is 8.34. The van der Waals surface area contributed by atoms with Crippen molar-refractivity contribution in [2.75, 3.05) is 25.1 Å². The number of aromatic nitrogens is 1. The Bertz CT molecular complexity index is 1360. The van der Waals surface area contributed by atoms with Gasteiger partial charge in [-0.05, 0) is 48.0 Å². The molecule has 1 aliphatic rings. The number of rotatable bonds is 6. The maximum Gasteiger partial charge on any atom is 0.307 e. The smallest absolute Gasteiger partial charge is 0.307 e. The van der Waals surface area contributed by atoms with E-state index in [4.69, 9.17) is 9.47 Å². The number of aliphatic carboxylic acids is 1. The first-order chi connectivity index (χ1) is 16.5. The molecule has 3 aromatic carbocycles. The molecule has 1 aromatic heterocycles. The van der Waals surface area contributed by atoms with E-state index in [9.17, 15) is 14.7 Å². The number of carbonyl (C=O) groups is 2. The molecule has 1 aliphatic heterocycles. The second-order valence-corrected chi connectivity index (χ2v) is 8.34. The number of fused-ring (bicyclic) bond motifs is 2. The maximum atomic E-state index is 13.2. The molecule has 0 fully saturated rings. The van der Waals surface area contributed by atoms with Gasteiger partial charge in [0.15, 0.2) is 0 Å². The van der Waals surface area contributed by atoms with Gasteiger partial charge in [0.05, 0.1) is 24.2 Å². The van der Waals surface area contributed by atoms with Crippen molar-refractivity contribution in [2.24, 2.45) is 0 Å². The van der Waals surface area contributed by atoms with Gasteiger partial charge >= 0.3 is 5.97 Å².